The summed E-state index contributed by atoms with van der Waals surface area (Å²) >= 11 is 0. The Labute approximate surface area is 66.2 Å². The van der Waals surface area contributed by atoms with Gasteiger partial charge in [-0.1, -0.05) is 6.92 Å². The van der Waals surface area contributed by atoms with Crippen molar-refractivity contribution in [3.63, 3.8) is 0 Å². The maximum Gasteiger partial charge on any atom is 0.402 e. The first-order chi connectivity index (χ1) is 5.34. The fourth-order valence-electron chi connectivity index (χ4n) is 0.487. The van der Waals surface area contributed by atoms with Crippen molar-refractivity contribution in [3.05, 3.63) is 0 Å². The summed E-state index contributed by atoms with van der Waals surface area (Å²) in [5, 5.41) is 7.82. The number of hydrogen-bond donors (Lipinski definition) is 1. The molecule has 0 aromatic carbocycles. The van der Waals surface area contributed by atoms with Crippen molar-refractivity contribution >= 4 is 11.8 Å². The van der Waals surface area contributed by atoms with E-state index in [1.165, 1.54) is 6.92 Å². The average molecular weight is 184 g/mol. The summed E-state index contributed by atoms with van der Waals surface area (Å²) < 4.78 is 36.7. The number of aliphatic carboxylic acids is 1. The highest BCUT2D eigenvalue weighted by Gasteiger charge is 2.50. The molecular formula is C6H7F3O3. The van der Waals surface area contributed by atoms with Gasteiger partial charge in [-0.15, -0.1) is 0 Å². The van der Waals surface area contributed by atoms with Crippen LogP contribution in [0.2, 0.25) is 0 Å². The summed E-state index contributed by atoms with van der Waals surface area (Å²) in [7, 11) is 0. The van der Waals surface area contributed by atoms with E-state index in [4.69, 9.17) is 5.11 Å². The third kappa shape index (κ3) is 1.96. The van der Waals surface area contributed by atoms with Gasteiger partial charge in [0.1, 0.15) is 0 Å². The van der Waals surface area contributed by atoms with E-state index in [1.807, 2.05) is 0 Å². The van der Waals surface area contributed by atoms with Gasteiger partial charge in [-0.05, 0) is 6.42 Å². The van der Waals surface area contributed by atoms with Crippen molar-refractivity contribution in [2.75, 3.05) is 0 Å². The molecule has 0 rings (SSSR count). The van der Waals surface area contributed by atoms with E-state index in [0.717, 1.165) is 0 Å². The average Bonchev–Trinajstić information content (AvgIpc) is 2.01. The highest BCUT2D eigenvalue weighted by molar-refractivity contribution is 6.06. The minimum atomic E-state index is -4.62. The highest BCUT2D eigenvalue weighted by atomic mass is 19.3. The Morgan fingerprint density at radius 1 is 1.50 bits per heavy atom. The molecule has 0 radical (unpaired) electrons. The number of rotatable bonds is 4. The fraction of sp³-hybridized carbons (Fsp3) is 0.667. The first-order valence-corrected chi connectivity index (χ1v) is 3.13. The highest BCUT2D eigenvalue weighted by Crippen LogP contribution is 2.19. The van der Waals surface area contributed by atoms with Gasteiger partial charge < -0.3 is 5.11 Å². The van der Waals surface area contributed by atoms with Gasteiger partial charge in [0, 0.05) is 0 Å². The lowest BCUT2D eigenvalue weighted by molar-refractivity contribution is -0.173. The summed E-state index contributed by atoms with van der Waals surface area (Å²) in [6.45, 7) is 1.17. The van der Waals surface area contributed by atoms with Crippen LogP contribution in [0.5, 0.6) is 0 Å². The number of carbonyl (C=O) groups excluding carboxylic acids is 1. The van der Waals surface area contributed by atoms with Gasteiger partial charge in [0.2, 0.25) is 5.78 Å². The van der Waals surface area contributed by atoms with Gasteiger partial charge in [-0.2, -0.15) is 8.78 Å². The predicted octanol–water partition coefficient (Wildman–Crippen LogP) is 1.02. The van der Waals surface area contributed by atoms with Gasteiger partial charge in [-0.3, -0.25) is 4.79 Å². The first-order valence-electron chi connectivity index (χ1n) is 3.13. The zero-order valence-electron chi connectivity index (χ0n) is 6.18. The maximum atomic E-state index is 12.3. The lowest BCUT2D eigenvalue weighted by atomic mass is 10.1. The van der Waals surface area contributed by atoms with E-state index in [-0.39, 0.29) is 0 Å². The van der Waals surface area contributed by atoms with Crippen LogP contribution in [0.25, 0.3) is 0 Å². The molecule has 6 heteroatoms. The summed E-state index contributed by atoms with van der Waals surface area (Å²) in [6.07, 6.45) is -2.88. The third-order valence-electron chi connectivity index (χ3n) is 1.22. The molecule has 0 aliphatic heterocycles. The molecule has 1 unspecified atom stereocenters. The van der Waals surface area contributed by atoms with E-state index in [0.29, 0.717) is 0 Å². The van der Waals surface area contributed by atoms with Crippen LogP contribution in [0.4, 0.5) is 13.2 Å². The monoisotopic (exact) mass is 184 g/mol. The van der Waals surface area contributed by atoms with E-state index in [9.17, 15) is 22.8 Å². The molecule has 0 spiro atoms. The Balaban J connectivity index is 4.57. The minimum Gasteiger partial charge on any atom is -0.476 e. The van der Waals surface area contributed by atoms with E-state index in [2.05, 4.69) is 0 Å². The van der Waals surface area contributed by atoms with Crippen molar-refractivity contribution in [1.29, 1.82) is 0 Å². The van der Waals surface area contributed by atoms with Gasteiger partial charge in [-0.25, -0.2) is 9.18 Å². The standard InChI is InChI=1S/C6H7F3O3/c1-2-3(7)4(10)6(8,9)5(11)12/h3H,2H2,1H3,(H,11,12). The van der Waals surface area contributed by atoms with Crippen LogP contribution in [0.1, 0.15) is 13.3 Å². The van der Waals surface area contributed by atoms with E-state index >= 15 is 0 Å². The molecule has 1 N–H and O–H groups in total. The van der Waals surface area contributed by atoms with Crippen molar-refractivity contribution in [2.45, 2.75) is 25.4 Å². The second kappa shape index (κ2) is 3.55. The minimum absolute atomic E-state index is 0.457. The number of alkyl halides is 3. The van der Waals surface area contributed by atoms with Crippen LogP contribution in [0.3, 0.4) is 0 Å². The number of halogens is 3. The number of carboxylic acid groups (broad SMARTS) is 1. The van der Waals surface area contributed by atoms with Crippen molar-refractivity contribution < 1.29 is 27.9 Å². The summed E-state index contributed by atoms with van der Waals surface area (Å²) in [5.74, 6) is -9.43. The Bertz CT molecular complexity index is 202. The zero-order valence-corrected chi connectivity index (χ0v) is 6.18. The van der Waals surface area contributed by atoms with Gasteiger partial charge >= 0.3 is 11.9 Å². The quantitative estimate of drug-likeness (QED) is 0.663. The van der Waals surface area contributed by atoms with Gasteiger partial charge in [0.25, 0.3) is 0 Å². The molecule has 12 heavy (non-hydrogen) atoms. The second-order valence-corrected chi connectivity index (χ2v) is 2.12. The van der Waals surface area contributed by atoms with Crippen LogP contribution < -0.4 is 0 Å². The zero-order chi connectivity index (χ0) is 9.94. The number of carboxylic acids is 1. The van der Waals surface area contributed by atoms with Crippen LogP contribution in [-0.2, 0) is 9.59 Å². The normalized spacial score (nSPS) is 14.0. The largest absolute Gasteiger partial charge is 0.476 e. The summed E-state index contributed by atoms with van der Waals surface area (Å²) in [5.41, 5.74) is 0. The Kier molecular flexibility index (Phi) is 3.24. The Morgan fingerprint density at radius 2 is 1.92 bits per heavy atom. The fourth-order valence-corrected chi connectivity index (χ4v) is 0.487. The molecule has 0 bridgehead atoms. The Morgan fingerprint density at radius 3 is 2.17 bits per heavy atom. The smallest absolute Gasteiger partial charge is 0.402 e. The van der Waals surface area contributed by atoms with Gasteiger partial charge in [0.05, 0.1) is 0 Å². The summed E-state index contributed by atoms with van der Waals surface area (Å²) in [6, 6.07) is 0. The molecular weight excluding hydrogens is 177 g/mol. The number of Topliss-reactive ketones (excluding diaryl/α,β-unsaturated/α-hetero) is 1. The molecule has 3 nitrogen and oxygen atoms in total. The molecule has 0 saturated carbocycles. The van der Waals surface area contributed by atoms with Crippen LogP contribution in [0.15, 0.2) is 0 Å². The lowest BCUT2D eigenvalue weighted by Crippen LogP contribution is -2.42. The molecule has 0 fully saturated rings. The molecule has 0 amide bonds. The van der Waals surface area contributed by atoms with Crippen molar-refractivity contribution in [2.24, 2.45) is 0 Å². The number of ketones is 1. The number of carbonyl (C=O) groups is 2. The van der Waals surface area contributed by atoms with E-state index in [1.54, 1.807) is 0 Å². The third-order valence-corrected chi connectivity index (χ3v) is 1.22. The molecule has 70 valence electrons. The molecule has 0 aliphatic carbocycles. The van der Waals surface area contributed by atoms with Crippen molar-refractivity contribution in [1.82, 2.24) is 0 Å². The van der Waals surface area contributed by atoms with Crippen LogP contribution in [0, 0.1) is 0 Å². The molecule has 0 aromatic rings. The molecule has 0 heterocycles. The molecule has 0 aromatic heterocycles. The lowest BCUT2D eigenvalue weighted by Gasteiger charge is -2.11. The molecule has 0 saturated heterocycles. The van der Waals surface area contributed by atoms with Crippen LogP contribution >= 0.6 is 0 Å². The topological polar surface area (TPSA) is 54.4 Å². The summed E-state index contributed by atoms with van der Waals surface area (Å²) in [4.78, 5) is 20.1. The van der Waals surface area contributed by atoms with E-state index < -0.39 is 30.3 Å². The predicted molar refractivity (Wildman–Crippen MR) is 32.8 cm³/mol. The van der Waals surface area contributed by atoms with Gasteiger partial charge in [0.15, 0.2) is 6.17 Å². The first kappa shape index (κ1) is 10.9. The number of hydrogen-bond acceptors (Lipinski definition) is 2. The maximum absolute atomic E-state index is 12.3. The molecule has 0 aliphatic rings. The van der Waals surface area contributed by atoms with Crippen molar-refractivity contribution in [3.8, 4) is 0 Å². The SMILES string of the molecule is CCC(F)C(=O)C(F)(F)C(=O)O. The Hall–Kier alpha value is -1.07. The molecule has 1 atom stereocenters. The second-order valence-electron chi connectivity index (χ2n) is 2.12. The van der Waals surface area contributed by atoms with Crippen LogP contribution in [-0.4, -0.2) is 29.0 Å².